The van der Waals surface area contributed by atoms with Gasteiger partial charge in [-0.15, -0.1) is 0 Å². The Hall–Kier alpha value is -1.93. The molecule has 1 saturated heterocycles. The molecule has 2 aromatic carbocycles. The van der Waals surface area contributed by atoms with Crippen molar-refractivity contribution in [3.63, 3.8) is 0 Å². The zero-order valence-electron chi connectivity index (χ0n) is 13.8. The van der Waals surface area contributed by atoms with Crippen molar-refractivity contribution in [1.82, 2.24) is 9.62 Å². The number of nitrogens with one attached hydrogen (secondary N) is 1. The van der Waals surface area contributed by atoms with Crippen molar-refractivity contribution in [2.24, 2.45) is 0 Å². The first kappa shape index (κ1) is 16.5. The zero-order chi connectivity index (χ0) is 17.3. The summed E-state index contributed by atoms with van der Waals surface area (Å²) in [6, 6.07) is 13.9. The number of fused-ring (bicyclic) bond motifs is 1. The molecule has 1 N–H and O–H groups in total. The van der Waals surface area contributed by atoms with E-state index in [2.05, 4.69) is 21.8 Å². The number of nitrogens with zero attached hydrogens (tertiary/aromatic N) is 1. The van der Waals surface area contributed by atoms with Gasteiger partial charge < -0.3 is 8.92 Å². The van der Waals surface area contributed by atoms with Crippen LogP contribution in [0, 0.1) is 0 Å². The number of hydrogen-bond donors (Lipinski definition) is 1. The standard InChI is InChI=1S/C18H20N2O4S/c21-25(22)19-12-16-2-1-3-17(18(16)24-25)15-6-4-14(5-7-15)13-20-8-10-23-11-9-20/h1-7,19H,8-13H2. The van der Waals surface area contributed by atoms with Gasteiger partial charge >= 0.3 is 10.3 Å². The molecule has 0 aliphatic carbocycles. The summed E-state index contributed by atoms with van der Waals surface area (Å²) in [6.07, 6.45) is 0. The predicted molar refractivity (Wildman–Crippen MR) is 94.4 cm³/mol. The van der Waals surface area contributed by atoms with E-state index in [0.29, 0.717) is 5.75 Å². The first-order valence-electron chi connectivity index (χ1n) is 8.31. The van der Waals surface area contributed by atoms with Crippen LogP contribution < -0.4 is 8.91 Å². The molecular formula is C18H20N2O4S. The fraction of sp³-hybridized carbons (Fsp3) is 0.333. The third-order valence-corrected chi connectivity index (χ3v) is 5.39. The number of benzene rings is 2. The number of rotatable bonds is 3. The fourth-order valence-electron chi connectivity index (χ4n) is 3.16. The average Bonchev–Trinajstić information content (AvgIpc) is 2.62. The number of hydrogen-bond acceptors (Lipinski definition) is 5. The molecule has 0 atom stereocenters. The Balaban J connectivity index is 1.58. The maximum atomic E-state index is 11.7. The van der Waals surface area contributed by atoms with Crippen molar-refractivity contribution >= 4 is 10.3 Å². The van der Waals surface area contributed by atoms with E-state index in [9.17, 15) is 8.42 Å². The van der Waals surface area contributed by atoms with Crippen LogP contribution in [-0.2, 0) is 28.1 Å². The molecule has 0 bridgehead atoms. The van der Waals surface area contributed by atoms with Crippen LogP contribution in [0.25, 0.3) is 11.1 Å². The lowest BCUT2D eigenvalue weighted by Gasteiger charge is -2.26. The van der Waals surface area contributed by atoms with Crippen LogP contribution in [-0.4, -0.2) is 39.6 Å². The van der Waals surface area contributed by atoms with Crippen LogP contribution in [0.1, 0.15) is 11.1 Å². The van der Waals surface area contributed by atoms with Gasteiger partial charge in [0.05, 0.1) is 13.2 Å². The number of morpholine rings is 1. The van der Waals surface area contributed by atoms with E-state index in [4.69, 9.17) is 8.92 Å². The average molecular weight is 360 g/mol. The highest BCUT2D eigenvalue weighted by Gasteiger charge is 2.24. The summed E-state index contributed by atoms with van der Waals surface area (Å²) in [5.74, 6) is 0.419. The summed E-state index contributed by atoms with van der Waals surface area (Å²) < 4.78 is 36.4. The molecule has 2 heterocycles. The summed E-state index contributed by atoms with van der Waals surface area (Å²) in [7, 11) is -3.72. The second kappa shape index (κ2) is 6.76. The monoisotopic (exact) mass is 360 g/mol. The van der Waals surface area contributed by atoms with Crippen LogP contribution in [0.15, 0.2) is 42.5 Å². The SMILES string of the molecule is O=S1(=O)NCc2cccc(-c3ccc(CN4CCOCC4)cc3)c2O1. The molecule has 0 unspecified atom stereocenters. The molecule has 0 amide bonds. The van der Waals surface area contributed by atoms with E-state index in [-0.39, 0.29) is 6.54 Å². The topological polar surface area (TPSA) is 67.9 Å². The Morgan fingerprint density at radius 3 is 2.56 bits per heavy atom. The molecule has 2 aliphatic heterocycles. The molecule has 2 aromatic rings. The van der Waals surface area contributed by atoms with Gasteiger partial charge in [-0.05, 0) is 11.1 Å². The van der Waals surface area contributed by atoms with Gasteiger partial charge in [0, 0.05) is 37.3 Å². The van der Waals surface area contributed by atoms with Gasteiger partial charge in [-0.1, -0.05) is 42.5 Å². The second-order valence-corrected chi connectivity index (χ2v) is 7.60. The number of para-hydroxylation sites is 1. The first-order valence-corrected chi connectivity index (χ1v) is 9.72. The minimum atomic E-state index is -3.72. The molecule has 4 rings (SSSR count). The molecule has 0 saturated carbocycles. The quantitative estimate of drug-likeness (QED) is 0.906. The van der Waals surface area contributed by atoms with Crippen LogP contribution in [0.3, 0.4) is 0 Å². The van der Waals surface area contributed by atoms with Gasteiger partial charge in [-0.2, -0.15) is 13.1 Å². The van der Waals surface area contributed by atoms with Gasteiger partial charge in [0.1, 0.15) is 0 Å². The largest absolute Gasteiger partial charge is 0.382 e. The van der Waals surface area contributed by atoms with Crippen molar-refractivity contribution in [2.45, 2.75) is 13.1 Å². The maximum absolute atomic E-state index is 11.7. The second-order valence-electron chi connectivity index (χ2n) is 6.24. The van der Waals surface area contributed by atoms with Crippen LogP contribution in [0.2, 0.25) is 0 Å². The number of ether oxygens (including phenoxy) is 1. The molecule has 0 spiro atoms. The van der Waals surface area contributed by atoms with E-state index in [1.54, 1.807) is 0 Å². The van der Waals surface area contributed by atoms with Crippen LogP contribution >= 0.6 is 0 Å². The summed E-state index contributed by atoms with van der Waals surface area (Å²) in [4.78, 5) is 2.37. The lowest BCUT2D eigenvalue weighted by atomic mass is 10.00. The van der Waals surface area contributed by atoms with E-state index in [1.807, 2.05) is 30.3 Å². The van der Waals surface area contributed by atoms with Gasteiger partial charge in [-0.3, -0.25) is 4.90 Å². The normalized spacial score (nSPS) is 19.8. The predicted octanol–water partition coefficient (Wildman–Crippen LogP) is 1.91. The molecule has 25 heavy (non-hydrogen) atoms. The fourth-order valence-corrected chi connectivity index (χ4v) is 3.97. The van der Waals surface area contributed by atoms with E-state index >= 15 is 0 Å². The molecule has 132 valence electrons. The summed E-state index contributed by atoms with van der Waals surface area (Å²) >= 11 is 0. The van der Waals surface area contributed by atoms with E-state index in [1.165, 1.54) is 5.56 Å². The smallest absolute Gasteiger partial charge is 0.379 e. The van der Waals surface area contributed by atoms with Crippen molar-refractivity contribution < 1.29 is 17.3 Å². The molecule has 0 radical (unpaired) electrons. The van der Waals surface area contributed by atoms with Gasteiger partial charge in [0.15, 0.2) is 5.75 Å². The lowest BCUT2D eigenvalue weighted by molar-refractivity contribution is 0.0342. The maximum Gasteiger partial charge on any atom is 0.382 e. The Labute approximate surface area is 147 Å². The van der Waals surface area contributed by atoms with Gasteiger partial charge in [-0.25, -0.2) is 0 Å². The Morgan fingerprint density at radius 2 is 1.80 bits per heavy atom. The van der Waals surface area contributed by atoms with Crippen molar-refractivity contribution in [3.05, 3.63) is 53.6 Å². The Kier molecular flexibility index (Phi) is 4.47. The highest BCUT2D eigenvalue weighted by Crippen LogP contribution is 2.36. The lowest BCUT2D eigenvalue weighted by Crippen LogP contribution is -2.35. The third kappa shape index (κ3) is 3.69. The summed E-state index contributed by atoms with van der Waals surface area (Å²) in [6.45, 7) is 4.62. The van der Waals surface area contributed by atoms with Gasteiger partial charge in [0.2, 0.25) is 0 Å². The molecule has 7 heteroatoms. The highest BCUT2D eigenvalue weighted by molar-refractivity contribution is 7.85. The van der Waals surface area contributed by atoms with Gasteiger partial charge in [0.25, 0.3) is 0 Å². The molecule has 2 aliphatic rings. The van der Waals surface area contributed by atoms with Crippen molar-refractivity contribution in [3.8, 4) is 16.9 Å². The highest BCUT2D eigenvalue weighted by atomic mass is 32.2. The van der Waals surface area contributed by atoms with Crippen LogP contribution in [0.5, 0.6) is 5.75 Å². The van der Waals surface area contributed by atoms with Crippen LogP contribution in [0.4, 0.5) is 0 Å². The third-order valence-electron chi connectivity index (χ3n) is 4.50. The first-order chi connectivity index (χ1) is 12.1. The molecular weight excluding hydrogens is 340 g/mol. The molecule has 6 nitrogen and oxygen atoms in total. The minimum absolute atomic E-state index is 0.251. The summed E-state index contributed by atoms with van der Waals surface area (Å²) in [5.41, 5.74) is 3.80. The Bertz CT molecular complexity index is 859. The molecule has 0 aromatic heterocycles. The summed E-state index contributed by atoms with van der Waals surface area (Å²) in [5, 5.41) is 0. The van der Waals surface area contributed by atoms with Crippen molar-refractivity contribution in [2.75, 3.05) is 26.3 Å². The minimum Gasteiger partial charge on any atom is -0.379 e. The zero-order valence-corrected chi connectivity index (χ0v) is 14.6. The Morgan fingerprint density at radius 1 is 1.04 bits per heavy atom. The van der Waals surface area contributed by atoms with Crippen molar-refractivity contribution in [1.29, 1.82) is 0 Å². The molecule has 1 fully saturated rings. The van der Waals surface area contributed by atoms with E-state index < -0.39 is 10.3 Å². The van der Waals surface area contributed by atoms with E-state index in [0.717, 1.165) is 49.5 Å².